The standard InChI is InChI=1S/C27H25Cl2FN4OS/c1-18-5-9-20(10-6-18)26-32-33-27(34(26)22-13-14-23(28)24(29)16-22)36-15-3-2-4-25(35)31-17-19-7-11-21(30)12-8-19/h5-14,16H,2-4,15,17H2,1H3,(H,31,35). The molecule has 0 saturated heterocycles. The molecule has 0 unspecified atom stereocenters. The van der Waals surface area contributed by atoms with E-state index in [-0.39, 0.29) is 11.7 Å². The van der Waals surface area contributed by atoms with Crippen LogP contribution in [0.1, 0.15) is 30.4 Å². The van der Waals surface area contributed by atoms with Gasteiger partial charge in [0.05, 0.1) is 15.7 Å². The number of amides is 1. The van der Waals surface area contributed by atoms with Crippen molar-refractivity contribution >= 4 is 40.9 Å². The minimum Gasteiger partial charge on any atom is -0.352 e. The van der Waals surface area contributed by atoms with Gasteiger partial charge in [-0.3, -0.25) is 9.36 Å². The first-order valence-electron chi connectivity index (χ1n) is 11.5. The van der Waals surface area contributed by atoms with Crippen molar-refractivity contribution in [3.8, 4) is 17.1 Å². The smallest absolute Gasteiger partial charge is 0.220 e. The Balaban J connectivity index is 1.37. The monoisotopic (exact) mass is 542 g/mol. The zero-order chi connectivity index (χ0) is 25.5. The van der Waals surface area contributed by atoms with Crippen molar-refractivity contribution in [3.63, 3.8) is 0 Å². The minimum atomic E-state index is -0.288. The van der Waals surface area contributed by atoms with Crippen LogP contribution in [-0.4, -0.2) is 26.4 Å². The molecule has 1 N–H and O–H groups in total. The second kappa shape index (κ2) is 12.4. The predicted octanol–water partition coefficient (Wildman–Crippen LogP) is 7.27. The van der Waals surface area contributed by atoms with Crippen LogP contribution in [-0.2, 0) is 11.3 Å². The first-order chi connectivity index (χ1) is 17.4. The number of thioether (sulfide) groups is 1. The number of halogens is 3. The van der Waals surface area contributed by atoms with Crippen LogP contribution >= 0.6 is 35.0 Å². The molecule has 5 nitrogen and oxygen atoms in total. The van der Waals surface area contributed by atoms with Gasteiger partial charge in [0, 0.05) is 24.3 Å². The maximum Gasteiger partial charge on any atom is 0.220 e. The van der Waals surface area contributed by atoms with Gasteiger partial charge in [-0.15, -0.1) is 10.2 Å². The summed E-state index contributed by atoms with van der Waals surface area (Å²) in [7, 11) is 0. The van der Waals surface area contributed by atoms with Crippen molar-refractivity contribution < 1.29 is 9.18 Å². The van der Waals surface area contributed by atoms with Crippen molar-refractivity contribution in [3.05, 3.63) is 93.7 Å². The second-order valence-corrected chi connectivity index (χ2v) is 10.2. The summed E-state index contributed by atoms with van der Waals surface area (Å²) in [5.41, 5.74) is 3.80. The van der Waals surface area contributed by atoms with Crippen LogP contribution in [0.3, 0.4) is 0 Å². The molecule has 36 heavy (non-hydrogen) atoms. The van der Waals surface area contributed by atoms with Gasteiger partial charge in [0.15, 0.2) is 11.0 Å². The highest BCUT2D eigenvalue weighted by molar-refractivity contribution is 7.99. The lowest BCUT2D eigenvalue weighted by Crippen LogP contribution is -2.22. The Bertz CT molecular complexity index is 1330. The second-order valence-electron chi connectivity index (χ2n) is 8.31. The van der Waals surface area contributed by atoms with E-state index in [9.17, 15) is 9.18 Å². The molecule has 0 atom stereocenters. The topological polar surface area (TPSA) is 59.8 Å². The largest absolute Gasteiger partial charge is 0.352 e. The average Bonchev–Trinajstić information content (AvgIpc) is 3.29. The van der Waals surface area contributed by atoms with Crippen molar-refractivity contribution in [2.24, 2.45) is 0 Å². The number of carbonyl (C=O) groups excluding carboxylic acids is 1. The molecule has 1 aromatic heterocycles. The van der Waals surface area contributed by atoms with Gasteiger partial charge < -0.3 is 5.32 Å². The zero-order valence-corrected chi connectivity index (χ0v) is 22.0. The zero-order valence-electron chi connectivity index (χ0n) is 19.7. The lowest BCUT2D eigenvalue weighted by molar-refractivity contribution is -0.121. The van der Waals surface area contributed by atoms with Gasteiger partial charge in [-0.05, 0) is 55.7 Å². The van der Waals surface area contributed by atoms with Gasteiger partial charge in [-0.1, -0.05) is 76.9 Å². The molecule has 3 aromatic carbocycles. The molecule has 1 amide bonds. The Labute approximate surface area is 224 Å². The maximum atomic E-state index is 13.0. The number of nitrogens with one attached hydrogen (secondary N) is 1. The fourth-order valence-corrected chi connectivity index (χ4v) is 4.80. The summed E-state index contributed by atoms with van der Waals surface area (Å²) in [6.07, 6.45) is 2.01. The first kappa shape index (κ1) is 26.2. The van der Waals surface area contributed by atoms with Gasteiger partial charge in [-0.25, -0.2) is 4.39 Å². The molecule has 0 fully saturated rings. The summed E-state index contributed by atoms with van der Waals surface area (Å²) in [5, 5.41) is 13.5. The number of benzene rings is 3. The van der Waals surface area contributed by atoms with E-state index in [1.807, 2.05) is 41.8 Å². The van der Waals surface area contributed by atoms with E-state index in [4.69, 9.17) is 23.2 Å². The lowest BCUT2D eigenvalue weighted by Gasteiger charge is -2.11. The normalized spacial score (nSPS) is 11.0. The number of carbonyl (C=O) groups is 1. The Morgan fingerprint density at radius 3 is 2.44 bits per heavy atom. The van der Waals surface area contributed by atoms with Crippen LogP contribution in [0.15, 0.2) is 71.9 Å². The number of hydrogen-bond acceptors (Lipinski definition) is 4. The maximum absolute atomic E-state index is 13.0. The Kier molecular flexibility index (Phi) is 9.02. The SMILES string of the molecule is Cc1ccc(-c2nnc(SCCCCC(=O)NCc3ccc(F)cc3)n2-c2ccc(Cl)c(Cl)c2)cc1. The van der Waals surface area contributed by atoms with E-state index in [2.05, 4.69) is 15.5 Å². The van der Waals surface area contributed by atoms with Crippen LogP contribution in [0, 0.1) is 12.7 Å². The van der Waals surface area contributed by atoms with Crippen molar-refractivity contribution in [2.45, 2.75) is 37.9 Å². The number of unbranched alkanes of at least 4 members (excludes halogenated alkanes) is 1. The van der Waals surface area contributed by atoms with E-state index >= 15 is 0 Å². The quantitative estimate of drug-likeness (QED) is 0.169. The van der Waals surface area contributed by atoms with Gasteiger partial charge in [0.2, 0.25) is 5.91 Å². The minimum absolute atomic E-state index is 0.0232. The molecular formula is C27H25Cl2FN4OS. The first-order valence-corrected chi connectivity index (χ1v) is 13.3. The highest BCUT2D eigenvalue weighted by Gasteiger charge is 2.17. The number of rotatable bonds is 10. The van der Waals surface area contributed by atoms with Gasteiger partial charge in [0.1, 0.15) is 5.82 Å². The van der Waals surface area contributed by atoms with Gasteiger partial charge in [-0.2, -0.15) is 0 Å². The third-order valence-corrected chi connectivity index (χ3v) is 7.29. The van der Waals surface area contributed by atoms with Crippen molar-refractivity contribution in [1.82, 2.24) is 20.1 Å². The molecule has 9 heteroatoms. The highest BCUT2D eigenvalue weighted by atomic mass is 35.5. The summed E-state index contributed by atoms with van der Waals surface area (Å²) in [5.74, 6) is 1.18. The van der Waals surface area contributed by atoms with E-state index < -0.39 is 0 Å². The fourth-order valence-electron chi connectivity index (χ4n) is 3.55. The van der Waals surface area contributed by atoms with Crippen LogP contribution in [0.5, 0.6) is 0 Å². The molecule has 0 spiro atoms. The molecule has 4 rings (SSSR count). The van der Waals surface area contributed by atoms with E-state index in [1.165, 1.54) is 12.1 Å². The number of aromatic nitrogens is 3. The van der Waals surface area contributed by atoms with Gasteiger partial charge >= 0.3 is 0 Å². The highest BCUT2D eigenvalue weighted by Crippen LogP contribution is 2.32. The fraction of sp³-hybridized carbons (Fsp3) is 0.222. The third-order valence-electron chi connectivity index (χ3n) is 5.54. The van der Waals surface area contributed by atoms with E-state index in [0.29, 0.717) is 23.0 Å². The Hall–Kier alpha value is -2.87. The van der Waals surface area contributed by atoms with E-state index in [1.54, 1.807) is 36.0 Å². The van der Waals surface area contributed by atoms with Gasteiger partial charge in [0.25, 0.3) is 0 Å². The molecule has 0 radical (unpaired) electrons. The molecule has 0 saturated carbocycles. The third kappa shape index (κ3) is 6.87. The number of nitrogens with zero attached hydrogens (tertiary/aromatic N) is 3. The lowest BCUT2D eigenvalue weighted by atomic mass is 10.1. The summed E-state index contributed by atoms with van der Waals surface area (Å²) in [6.45, 7) is 2.43. The summed E-state index contributed by atoms with van der Waals surface area (Å²) >= 11 is 14.0. The molecule has 1 heterocycles. The summed E-state index contributed by atoms with van der Waals surface area (Å²) in [4.78, 5) is 12.2. The Morgan fingerprint density at radius 2 is 1.72 bits per heavy atom. The van der Waals surface area contributed by atoms with Crippen molar-refractivity contribution in [2.75, 3.05) is 5.75 Å². The van der Waals surface area contributed by atoms with Crippen LogP contribution < -0.4 is 5.32 Å². The molecule has 0 aliphatic rings. The van der Waals surface area contributed by atoms with Crippen LogP contribution in [0.25, 0.3) is 17.1 Å². The molecule has 186 valence electrons. The molecular weight excluding hydrogens is 518 g/mol. The van der Waals surface area contributed by atoms with Crippen LogP contribution in [0.4, 0.5) is 4.39 Å². The number of hydrogen-bond donors (Lipinski definition) is 1. The Morgan fingerprint density at radius 1 is 0.972 bits per heavy atom. The molecule has 4 aromatic rings. The van der Waals surface area contributed by atoms with E-state index in [0.717, 1.165) is 52.0 Å². The molecule has 0 aliphatic heterocycles. The molecule has 0 aliphatic carbocycles. The predicted molar refractivity (Wildman–Crippen MR) is 144 cm³/mol. The number of aryl methyl sites for hydroxylation is 1. The van der Waals surface area contributed by atoms with Crippen molar-refractivity contribution in [1.29, 1.82) is 0 Å². The summed E-state index contributed by atoms with van der Waals surface area (Å²) < 4.78 is 15.0. The van der Waals surface area contributed by atoms with Crippen LogP contribution in [0.2, 0.25) is 10.0 Å². The average molecular weight is 543 g/mol. The summed E-state index contributed by atoms with van der Waals surface area (Å²) in [6, 6.07) is 19.7. The molecule has 0 bridgehead atoms.